The van der Waals surface area contributed by atoms with Crippen molar-refractivity contribution in [2.24, 2.45) is 0 Å². The molecule has 3 heteroatoms. The van der Waals surface area contributed by atoms with Crippen molar-refractivity contribution in [3.63, 3.8) is 0 Å². The zero-order valence-electron chi connectivity index (χ0n) is 29.9. The van der Waals surface area contributed by atoms with Gasteiger partial charge in [0, 0.05) is 22.8 Å². The van der Waals surface area contributed by atoms with Crippen LogP contribution >= 0.6 is 0 Å². The fourth-order valence-electron chi connectivity index (χ4n) is 6.08. The van der Waals surface area contributed by atoms with Crippen LogP contribution in [0.2, 0.25) is 0 Å². The van der Waals surface area contributed by atoms with E-state index >= 15 is 0 Å². The predicted molar refractivity (Wildman–Crippen MR) is 192 cm³/mol. The van der Waals surface area contributed by atoms with Gasteiger partial charge in [-0.25, -0.2) is 4.70 Å². The number of unbranched alkanes of at least 4 members (excludes halogenated alkanes) is 6. The van der Waals surface area contributed by atoms with Gasteiger partial charge in [-0.3, -0.25) is 0 Å². The van der Waals surface area contributed by atoms with E-state index in [0.717, 1.165) is 79.5 Å². The van der Waals surface area contributed by atoms with Crippen molar-refractivity contribution in [1.82, 2.24) is 0 Å². The van der Waals surface area contributed by atoms with Gasteiger partial charge in [0.05, 0.1) is 0 Å². The maximum absolute atomic E-state index is 11.3. The number of hydrogen-bond donors (Lipinski definition) is 0. The largest absolute Gasteiger partial charge is 2.00 e. The van der Waals surface area contributed by atoms with Crippen LogP contribution in [0.3, 0.4) is 0 Å². The van der Waals surface area contributed by atoms with Crippen LogP contribution in [-0.4, -0.2) is 4.70 Å². The molecule has 0 fully saturated rings. The second-order valence-corrected chi connectivity index (χ2v) is 11.7. The molecule has 0 saturated heterocycles. The Kier molecular flexibility index (Phi) is 22.3. The summed E-state index contributed by atoms with van der Waals surface area (Å²) in [6, 6.07) is 9.12. The molecular formula is C41H64N2Ni. The normalized spacial score (nSPS) is 12.2. The monoisotopic (exact) mass is 642 g/mol. The number of benzene rings is 2. The fraction of sp³-hybridized carbons (Fsp3) is 0.561. The Labute approximate surface area is 283 Å². The van der Waals surface area contributed by atoms with E-state index in [2.05, 4.69) is 107 Å². The number of allylic oxidation sites excluding steroid dienone is 2. The fourth-order valence-corrected chi connectivity index (χ4v) is 6.08. The number of rotatable bonds is 14. The van der Waals surface area contributed by atoms with Crippen molar-refractivity contribution < 1.29 is 21.2 Å². The van der Waals surface area contributed by atoms with E-state index in [0.29, 0.717) is 0 Å². The van der Waals surface area contributed by atoms with Gasteiger partial charge >= 0.3 is 16.5 Å². The molecule has 0 bridgehead atoms. The molecule has 0 amide bonds. The smallest absolute Gasteiger partial charge is 0.493 e. The van der Waals surface area contributed by atoms with Crippen molar-refractivity contribution in [2.45, 2.75) is 152 Å². The molecule has 0 atom stereocenters. The first-order valence-electron chi connectivity index (χ1n) is 17.6. The van der Waals surface area contributed by atoms with Gasteiger partial charge < -0.3 is 19.4 Å². The van der Waals surface area contributed by atoms with Crippen LogP contribution in [0.5, 0.6) is 0 Å². The minimum absolute atomic E-state index is 0. The van der Waals surface area contributed by atoms with Gasteiger partial charge in [0.15, 0.2) is 0 Å². The molecule has 0 saturated carbocycles. The Hall–Kier alpha value is -1.99. The number of aryl methyl sites for hydroxylation is 4. The van der Waals surface area contributed by atoms with Gasteiger partial charge in [-0.15, -0.1) is 0 Å². The Morgan fingerprint density at radius 3 is 1.20 bits per heavy atom. The van der Waals surface area contributed by atoms with E-state index in [1.54, 1.807) is 0 Å². The van der Waals surface area contributed by atoms with Gasteiger partial charge in [0.2, 0.25) is 11.4 Å². The summed E-state index contributed by atoms with van der Waals surface area (Å²) in [5.74, 6) is 0. The molecule has 0 radical (unpaired) electrons. The molecule has 3 rings (SSSR count). The zero-order chi connectivity index (χ0) is 32.4. The van der Waals surface area contributed by atoms with Crippen molar-refractivity contribution >= 4 is 11.4 Å². The Balaban J connectivity index is 0.00000120. The average Bonchev–Trinajstić information content (AvgIpc) is 3.34. The van der Waals surface area contributed by atoms with Gasteiger partial charge in [-0.2, -0.15) is 12.8 Å². The Morgan fingerprint density at radius 2 is 0.932 bits per heavy atom. The molecular weight excluding hydrogens is 579 g/mol. The molecule has 44 heavy (non-hydrogen) atoms. The van der Waals surface area contributed by atoms with Crippen LogP contribution < -0.4 is 0 Å². The predicted octanol–water partition coefficient (Wildman–Crippen LogP) is 12.7. The van der Waals surface area contributed by atoms with E-state index in [1.807, 2.05) is 0 Å². The summed E-state index contributed by atoms with van der Waals surface area (Å²) in [7, 11) is 0. The van der Waals surface area contributed by atoms with Crippen LogP contribution in [0.15, 0.2) is 35.9 Å². The van der Waals surface area contributed by atoms with Crippen molar-refractivity contribution in [1.29, 1.82) is 0 Å². The first-order valence-corrected chi connectivity index (χ1v) is 17.6. The summed E-state index contributed by atoms with van der Waals surface area (Å²) in [6.07, 6.45) is 18.5. The minimum atomic E-state index is 0. The molecule has 0 aromatic heterocycles. The van der Waals surface area contributed by atoms with Crippen molar-refractivity contribution in [3.05, 3.63) is 99.8 Å². The topological polar surface area (TPSA) is 25.3 Å². The molecule has 1 heterocycles. The van der Waals surface area contributed by atoms with E-state index < -0.39 is 0 Å². The third-order valence-corrected chi connectivity index (χ3v) is 8.54. The zero-order valence-corrected chi connectivity index (χ0v) is 30.9. The molecule has 0 aliphatic carbocycles. The summed E-state index contributed by atoms with van der Waals surface area (Å²) >= 11 is 0. The maximum Gasteiger partial charge on any atom is 2.00 e. The van der Waals surface area contributed by atoms with Crippen LogP contribution in [0.4, 0.5) is 0 Å². The summed E-state index contributed by atoms with van der Waals surface area (Å²) in [4.78, 5) is 0. The molecule has 2 nitrogen and oxygen atoms in total. The summed E-state index contributed by atoms with van der Waals surface area (Å²) in [6.45, 7) is 27.3. The van der Waals surface area contributed by atoms with E-state index in [4.69, 9.17) is 0 Å². The molecule has 0 N–H and O–H groups in total. The van der Waals surface area contributed by atoms with Crippen molar-refractivity contribution in [3.8, 4) is 0 Å². The van der Waals surface area contributed by atoms with Gasteiger partial charge in [0.25, 0.3) is 0 Å². The standard InChI is InChI=1S/C29H38N2.2C6H13.Ni/c1-8-20-15-24(16-21(9-2)26(20)12-5)28-14-19(7)29(31(28)30)25-17-22(10-3)27(13-6)23(11-4)18-25;2*1-3-5-6-4-2;/h14-18H,8-13H2,1-7H3;2*1,3-6H2,2H3;/q;2*-1;+2. The van der Waals surface area contributed by atoms with E-state index in [1.165, 1.54) is 76.6 Å². The Bertz CT molecular complexity index is 1140. The molecule has 0 unspecified atom stereocenters. The van der Waals surface area contributed by atoms with E-state index in [9.17, 15) is 5.53 Å². The first-order chi connectivity index (χ1) is 20.8. The Morgan fingerprint density at radius 1 is 0.568 bits per heavy atom. The summed E-state index contributed by atoms with van der Waals surface area (Å²) < 4.78 is 1.43. The molecule has 0 spiro atoms. The molecule has 1 aliphatic rings. The third kappa shape index (κ3) is 11.7. The van der Waals surface area contributed by atoms with Crippen LogP contribution in [0, 0.1) is 13.8 Å². The van der Waals surface area contributed by atoms with E-state index in [-0.39, 0.29) is 16.5 Å². The summed E-state index contributed by atoms with van der Waals surface area (Å²) in [5.41, 5.74) is 25.0. The minimum Gasteiger partial charge on any atom is -0.493 e. The molecule has 1 aliphatic heterocycles. The average molecular weight is 644 g/mol. The second-order valence-electron chi connectivity index (χ2n) is 11.7. The van der Waals surface area contributed by atoms with Gasteiger partial charge in [-0.1, -0.05) is 93.9 Å². The quantitative estimate of drug-likeness (QED) is 0.0847. The number of nitrogens with zero attached hydrogens (tertiary/aromatic N) is 2. The van der Waals surface area contributed by atoms with Crippen LogP contribution in [0.25, 0.3) is 16.9 Å². The third-order valence-electron chi connectivity index (χ3n) is 8.54. The number of hydrogen-bond acceptors (Lipinski definition) is 0. The molecule has 248 valence electrons. The van der Waals surface area contributed by atoms with Crippen LogP contribution in [0.1, 0.15) is 158 Å². The molecule has 2 aromatic carbocycles. The van der Waals surface area contributed by atoms with Crippen LogP contribution in [-0.2, 0) is 55.0 Å². The second kappa shape index (κ2) is 23.4. The van der Waals surface area contributed by atoms with Crippen molar-refractivity contribution in [2.75, 3.05) is 0 Å². The van der Waals surface area contributed by atoms with Gasteiger partial charge in [-0.05, 0) is 103 Å². The van der Waals surface area contributed by atoms with Gasteiger partial charge in [0.1, 0.15) is 0 Å². The SMILES string of the molecule is CCc1cc(C2=CC(C)=C(c3cc(CC)c(CC)c(CC)c3)[N+]2=[N-])cc(CC)c1CC.[CH2-]CCCCC.[CH2-]CCCCC.[Ni+2]. The summed E-state index contributed by atoms with van der Waals surface area (Å²) in [5, 5.41) is 0. The first kappa shape index (κ1) is 42.0. The molecule has 2 aromatic rings. The maximum atomic E-state index is 11.3.